The van der Waals surface area contributed by atoms with Crippen LogP contribution in [0.25, 0.3) is 0 Å². The third kappa shape index (κ3) is 3.98. The second-order valence-corrected chi connectivity index (χ2v) is 7.40. The molecule has 1 heterocycles. The zero-order valence-electron chi connectivity index (χ0n) is 15.3. The zero-order valence-corrected chi connectivity index (χ0v) is 16.8. The molecule has 0 unspecified atom stereocenters. The minimum Gasteiger partial charge on any atom is -0.359 e. The first-order valence-electron chi connectivity index (χ1n) is 8.86. The molecular formula is C21H14Cl2N4O3. The van der Waals surface area contributed by atoms with Crippen LogP contribution in [0.4, 0.5) is 11.4 Å². The number of hydrogen-bond donors (Lipinski definition) is 1. The van der Waals surface area contributed by atoms with Gasteiger partial charge in [-0.2, -0.15) is 5.10 Å². The van der Waals surface area contributed by atoms with E-state index in [0.717, 1.165) is 11.1 Å². The molecule has 0 spiro atoms. The number of hydrazone groups is 1. The number of benzene rings is 3. The van der Waals surface area contributed by atoms with Gasteiger partial charge in [0, 0.05) is 22.2 Å². The third-order valence-electron chi connectivity index (χ3n) is 4.58. The van der Waals surface area contributed by atoms with Gasteiger partial charge in [0.1, 0.15) is 0 Å². The van der Waals surface area contributed by atoms with Crippen molar-refractivity contribution in [3.63, 3.8) is 0 Å². The van der Waals surface area contributed by atoms with Gasteiger partial charge in [0.15, 0.2) is 6.17 Å². The predicted molar refractivity (Wildman–Crippen MR) is 116 cm³/mol. The van der Waals surface area contributed by atoms with Gasteiger partial charge >= 0.3 is 0 Å². The number of anilines is 1. The highest BCUT2D eigenvalue weighted by atomic mass is 35.5. The van der Waals surface area contributed by atoms with E-state index in [1.54, 1.807) is 54.7 Å². The van der Waals surface area contributed by atoms with E-state index in [0.29, 0.717) is 21.3 Å². The van der Waals surface area contributed by atoms with Gasteiger partial charge in [0.05, 0.1) is 22.4 Å². The Balaban J connectivity index is 1.76. The van der Waals surface area contributed by atoms with Crippen LogP contribution in [-0.4, -0.2) is 22.1 Å². The molecule has 1 aliphatic heterocycles. The number of carbonyl (C=O) groups is 1. The number of hydrogen-bond acceptors (Lipinski definition) is 5. The Morgan fingerprint density at radius 2 is 1.63 bits per heavy atom. The number of carbonyl (C=O) groups excluding carboxylic acids is 1. The van der Waals surface area contributed by atoms with Gasteiger partial charge in [0.25, 0.3) is 11.6 Å². The van der Waals surface area contributed by atoms with Crippen LogP contribution >= 0.6 is 23.2 Å². The zero-order chi connectivity index (χ0) is 21.3. The molecule has 0 bridgehead atoms. The largest absolute Gasteiger partial charge is 0.359 e. The number of nitro groups is 1. The van der Waals surface area contributed by atoms with E-state index < -0.39 is 11.1 Å². The molecule has 7 nitrogen and oxygen atoms in total. The fourth-order valence-corrected chi connectivity index (χ4v) is 3.32. The molecule has 1 amide bonds. The molecule has 1 aliphatic rings. The standard InChI is InChI=1S/C21H14Cl2N4O3/c22-15-5-1-13(2-6-15)12-24-26-20(14-3-7-16(23)8-4-14)25-19-11-17(27(29)30)9-10-18(19)21(26)28/h1-12,20,25H/b24-12-/t20-/m1/s1. The first-order valence-corrected chi connectivity index (χ1v) is 9.61. The molecule has 0 saturated heterocycles. The average Bonchev–Trinajstić information content (AvgIpc) is 2.74. The van der Waals surface area contributed by atoms with Gasteiger partial charge in [-0.15, -0.1) is 0 Å². The first-order chi connectivity index (χ1) is 14.4. The quantitative estimate of drug-likeness (QED) is 0.329. The first kappa shape index (κ1) is 19.9. The van der Waals surface area contributed by atoms with Crippen LogP contribution in [0.15, 0.2) is 71.8 Å². The lowest BCUT2D eigenvalue weighted by atomic mass is 10.0. The molecule has 4 rings (SSSR count). The highest BCUT2D eigenvalue weighted by Crippen LogP contribution is 2.35. The predicted octanol–water partition coefficient (Wildman–Crippen LogP) is 5.50. The Bertz CT molecular complexity index is 1150. The van der Waals surface area contributed by atoms with Crippen molar-refractivity contribution in [1.82, 2.24) is 5.01 Å². The van der Waals surface area contributed by atoms with Crippen LogP contribution in [0.3, 0.4) is 0 Å². The van der Waals surface area contributed by atoms with Crippen molar-refractivity contribution < 1.29 is 9.72 Å². The van der Waals surface area contributed by atoms with Crippen LogP contribution in [-0.2, 0) is 0 Å². The molecule has 1 atom stereocenters. The molecule has 150 valence electrons. The number of amides is 1. The Hall–Kier alpha value is -3.42. The highest BCUT2D eigenvalue weighted by molar-refractivity contribution is 6.30. The normalized spacial score (nSPS) is 15.7. The molecule has 0 saturated carbocycles. The maximum atomic E-state index is 13.2. The fourth-order valence-electron chi connectivity index (χ4n) is 3.07. The van der Waals surface area contributed by atoms with Crippen molar-refractivity contribution in [2.45, 2.75) is 6.17 Å². The highest BCUT2D eigenvalue weighted by Gasteiger charge is 2.34. The van der Waals surface area contributed by atoms with Gasteiger partial charge in [-0.3, -0.25) is 14.9 Å². The van der Waals surface area contributed by atoms with Crippen molar-refractivity contribution in [2.24, 2.45) is 5.10 Å². The molecule has 0 aliphatic carbocycles. The average molecular weight is 441 g/mol. The number of rotatable bonds is 4. The minimum absolute atomic E-state index is 0.109. The van der Waals surface area contributed by atoms with E-state index in [1.807, 2.05) is 0 Å². The summed E-state index contributed by atoms with van der Waals surface area (Å²) in [7, 11) is 0. The van der Waals surface area contributed by atoms with Crippen LogP contribution < -0.4 is 5.32 Å². The number of non-ortho nitro benzene ring substituents is 1. The van der Waals surface area contributed by atoms with E-state index in [-0.39, 0.29) is 11.6 Å². The molecule has 30 heavy (non-hydrogen) atoms. The maximum absolute atomic E-state index is 13.2. The molecule has 9 heteroatoms. The summed E-state index contributed by atoms with van der Waals surface area (Å²) in [6.45, 7) is 0. The summed E-state index contributed by atoms with van der Waals surface area (Å²) in [5.74, 6) is -0.385. The van der Waals surface area contributed by atoms with Crippen molar-refractivity contribution in [3.8, 4) is 0 Å². The Morgan fingerprint density at radius 3 is 2.27 bits per heavy atom. The van der Waals surface area contributed by atoms with Gasteiger partial charge in [-0.25, -0.2) is 5.01 Å². The van der Waals surface area contributed by atoms with Crippen LogP contribution in [0.1, 0.15) is 27.7 Å². The molecule has 3 aromatic carbocycles. The summed E-state index contributed by atoms with van der Waals surface area (Å²) in [5, 5.41) is 21.1. The van der Waals surface area contributed by atoms with Crippen LogP contribution in [0.2, 0.25) is 10.0 Å². The van der Waals surface area contributed by atoms with E-state index in [2.05, 4.69) is 10.4 Å². The lowest BCUT2D eigenvalue weighted by Gasteiger charge is -2.34. The number of nitro benzene ring substituents is 1. The number of nitrogens with zero attached hydrogens (tertiary/aromatic N) is 3. The minimum atomic E-state index is -0.673. The number of nitrogens with one attached hydrogen (secondary N) is 1. The van der Waals surface area contributed by atoms with Crippen molar-refractivity contribution in [1.29, 1.82) is 0 Å². The second-order valence-electron chi connectivity index (χ2n) is 6.53. The SMILES string of the molecule is O=C1c2ccc([N+](=O)[O-])cc2N[C@@H](c2ccc(Cl)cc2)N1/N=C\c1ccc(Cl)cc1. The Kier molecular flexibility index (Phi) is 5.39. The van der Waals surface area contributed by atoms with Crippen molar-refractivity contribution in [3.05, 3.63) is 104 Å². The Morgan fingerprint density at radius 1 is 1.00 bits per heavy atom. The van der Waals surface area contributed by atoms with Crippen LogP contribution in [0, 0.1) is 10.1 Å². The molecule has 0 radical (unpaired) electrons. The van der Waals surface area contributed by atoms with E-state index in [9.17, 15) is 14.9 Å². The third-order valence-corrected chi connectivity index (χ3v) is 5.08. The lowest BCUT2D eigenvalue weighted by Crippen LogP contribution is -2.39. The Labute approximate surface area is 181 Å². The maximum Gasteiger partial charge on any atom is 0.278 e. The number of halogens is 2. The lowest BCUT2D eigenvalue weighted by molar-refractivity contribution is -0.384. The van der Waals surface area contributed by atoms with Crippen molar-refractivity contribution in [2.75, 3.05) is 5.32 Å². The second kappa shape index (κ2) is 8.14. The van der Waals surface area contributed by atoms with E-state index in [1.165, 1.54) is 23.2 Å². The summed E-state index contributed by atoms with van der Waals surface area (Å²) in [6, 6.07) is 18.0. The van der Waals surface area contributed by atoms with Gasteiger partial charge in [-0.05, 0) is 41.5 Å². The fraction of sp³-hybridized carbons (Fsp3) is 0.0476. The topological polar surface area (TPSA) is 87.8 Å². The molecular weight excluding hydrogens is 427 g/mol. The van der Waals surface area contributed by atoms with E-state index in [4.69, 9.17) is 23.2 Å². The summed E-state index contributed by atoms with van der Waals surface area (Å²) >= 11 is 11.9. The molecule has 0 fully saturated rings. The van der Waals surface area contributed by atoms with Gasteiger partial charge in [-0.1, -0.05) is 47.5 Å². The summed E-state index contributed by atoms with van der Waals surface area (Å²) in [4.78, 5) is 23.8. The van der Waals surface area contributed by atoms with Gasteiger partial charge in [0.2, 0.25) is 0 Å². The molecule has 3 aromatic rings. The smallest absolute Gasteiger partial charge is 0.278 e. The van der Waals surface area contributed by atoms with Crippen molar-refractivity contribution >= 4 is 46.7 Å². The van der Waals surface area contributed by atoms with Crippen LogP contribution in [0.5, 0.6) is 0 Å². The summed E-state index contributed by atoms with van der Waals surface area (Å²) in [5.41, 5.74) is 2.03. The monoisotopic (exact) mass is 440 g/mol. The van der Waals surface area contributed by atoms with Gasteiger partial charge < -0.3 is 5.32 Å². The molecule has 1 N–H and O–H groups in total. The van der Waals surface area contributed by atoms with E-state index >= 15 is 0 Å². The summed E-state index contributed by atoms with van der Waals surface area (Å²) in [6.07, 6.45) is 0.877. The number of fused-ring (bicyclic) bond motifs is 1. The molecule has 0 aromatic heterocycles. The summed E-state index contributed by atoms with van der Waals surface area (Å²) < 4.78 is 0.